The highest BCUT2D eigenvalue weighted by atomic mass is 16.6. The molecule has 5 rings (SSSR count). The zero-order valence-electron chi connectivity index (χ0n) is 29.2. The fourth-order valence-electron chi connectivity index (χ4n) is 6.75. The minimum Gasteiger partial charge on any atom is -0.495 e. The third-order valence-electron chi connectivity index (χ3n) is 9.55. The standard InChI is InChI=1S/C37H51N5O6/c1-23(2)34-41-31(21-47-34)28-17-18-38-33(19-28)42(20-25-7-9-26(10-8-25)30-15-16-32(46-6)24(3)40-30)35(43)27-11-13-29(14-12-27)48-36(44)39-22-37(4,5)45/h15-19,21,23,25-27,29,45H,7-14,20,22H2,1-6H3,(H,39,44)/t25-,26-,27-,29-. The van der Waals surface area contributed by atoms with Crippen molar-refractivity contribution < 1.29 is 28.6 Å². The first kappa shape index (κ1) is 35.3. The molecule has 0 spiro atoms. The van der Waals surface area contributed by atoms with Crippen LogP contribution in [0.5, 0.6) is 5.75 Å². The predicted octanol–water partition coefficient (Wildman–Crippen LogP) is 6.93. The zero-order chi connectivity index (χ0) is 34.4. The molecule has 0 radical (unpaired) electrons. The Morgan fingerprint density at radius 3 is 2.42 bits per heavy atom. The van der Waals surface area contributed by atoms with Crippen LogP contribution in [0.1, 0.15) is 108 Å². The van der Waals surface area contributed by atoms with Crippen LogP contribution in [-0.2, 0) is 9.53 Å². The van der Waals surface area contributed by atoms with E-state index >= 15 is 0 Å². The summed E-state index contributed by atoms with van der Waals surface area (Å²) < 4.78 is 16.7. The summed E-state index contributed by atoms with van der Waals surface area (Å²) in [7, 11) is 1.67. The van der Waals surface area contributed by atoms with Gasteiger partial charge in [-0.3, -0.25) is 14.7 Å². The quantitative estimate of drug-likeness (QED) is 0.224. The molecule has 0 bridgehead atoms. The Morgan fingerprint density at radius 1 is 1.06 bits per heavy atom. The number of amides is 2. The van der Waals surface area contributed by atoms with E-state index in [4.69, 9.17) is 23.9 Å². The molecule has 2 aliphatic carbocycles. The molecule has 0 atom stereocenters. The van der Waals surface area contributed by atoms with E-state index in [0.29, 0.717) is 55.8 Å². The first-order chi connectivity index (χ1) is 22.9. The summed E-state index contributed by atoms with van der Waals surface area (Å²) in [4.78, 5) is 42.7. The lowest BCUT2D eigenvalue weighted by Crippen LogP contribution is -2.43. The Kier molecular flexibility index (Phi) is 11.4. The van der Waals surface area contributed by atoms with Gasteiger partial charge in [0.25, 0.3) is 0 Å². The summed E-state index contributed by atoms with van der Waals surface area (Å²) in [6, 6.07) is 7.92. The third kappa shape index (κ3) is 9.12. The second kappa shape index (κ2) is 15.5. The lowest BCUT2D eigenvalue weighted by molar-refractivity contribution is -0.124. The number of hydrogen-bond donors (Lipinski definition) is 2. The highest BCUT2D eigenvalue weighted by molar-refractivity contribution is 5.94. The number of oxazole rings is 1. The molecule has 3 aromatic rings. The van der Waals surface area contributed by atoms with Gasteiger partial charge in [0.15, 0.2) is 5.89 Å². The average Bonchev–Trinajstić information content (AvgIpc) is 3.58. The number of aryl methyl sites for hydroxylation is 1. The molecule has 48 heavy (non-hydrogen) atoms. The number of anilines is 1. The van der Waals surface area contributed by atoms with Gasteiger partial charge in [-0.1, -0.05) is 13.8 Å². The molecule has 3 heterocycles. The lowest BCUT2D eigenvalue weighted by Gasteiger charge is -2.35. The molecule has 260 valence electrons. The summed E-state index contributed by atoms with van der Waals surface area (Å²) in [5.41, 5.74) is 2.57. The van der Waals surface area contributed by atoms with Crippen molar-refractivity contribution in [1.82, 2.24) is 20.3 Å². The summed E-state index contributed by atoms with van der Waals surface area (Å²) >= 11 is 0. The van der Waals surface area contributed by atoms with E-state index in [1.807, 2.05) is 43.9 Å². The summed E-state index contributed by atoms with van der Waals surface area (Å²) in [5, 5.41) is 12.5. The smallest absolute Gasteiger partial charge is 0.407 e. The minimum atomic E-state index is -1.02. The number of aliphatic hydroxyl groups is 1. The number of alkyl carbamates (subject to hydrolysis) is 1. The average molecular weight is 662 g/mol. The van der Waals surface area contributed by atoms with Gasteiger partial charge in [-0.2, -0.15) is 0 Å². The number of hydrogen-bond acceptors (Lipinski definition) is 9. The van der Waals surface area contributed by atoms with Crippen molar-refractivity contribution >= 4 is 17.8 Å². The van der Waals surface area contributed by atoms with Crippen LogP contribution < -0.4 is 15.0 Å². The molecule has 0 saturated heterocycles. The summed E-state index contributed by atoms with van der Waals surface area (Å²) in [5.74, 6) is 2.82. The van der Waals surface area contributed by atoms with Crippen molar-refractivity contribution in [3.63, 3.8) is 0 Å². The molecule has 2 aliphatic rings. The maximum Gasteiger partial charge on any atom is 0.407 e. The van der Waals surface area contributed by atoms with Gasteiger partial charge in [0.05, 0.1) is 18.4 Å². The number of nitrogens with zero attached hydrogens (tertiary/aromatic N) is 4. The molecule has 2 fully saturated rings. The molecule has 11 heteroatoms. The van der Waals surface area contributed by atoms with Crippen molar-refractivity contribution in [3.8, 4) is 17.0 Å². The maximum atomic E-state index is 14.3. The Balaban J connectivity index is 1.28. The van der Waals surface area contributed by atoms with Crippen LogP contribution in [-0.4, -0.2) is 64.0 Å². The van der Waals surface area contributed by atoms with E-state index in [1.54, 1.807) is 33.4 Å². The van der Waals surface area contributed by atoms with E-state index in [0.717, 1.165) is 54.1 Å². The van der Waals surface area contributed by atoms with Crippen molar-refractivity contribution in [1.29, 1.82) is 0 Å². The number of rotatable bonds is 11. The molecule has 0 unspecified atom stereocenters. The van der Waals surface area contributed by atoms with Crippen LogP contribution in [0.25, 0.3) is 11.3 Å². The molecule has 2 saturated carbocycles. The van der Waals surface area contributed by atoms with Crippen LogP contribution in [0.2, 0.25) is 0 Å². The molecule has 2 N–H and O–H groups in total. The number of methoxy groups -OCH3 is 1. The van der Waals surface area contributed by atoms with Gasteiger partial charge in [-0.15, -0.1) is 0 Å². The Bertz CT molecular complexity index is 1530. The van der Waals surface area contributed by atoms with E-state index in [2.05, 4.69) is 16.4 Å². The van der Waals surface area contributed by atoms with Crippen LogP contribution in [0.15, 0.2) is 41.1 Å². The lowest BCUT2D eigenvalue weighted by atomic mass is 9.79. The van der Waals surface area contributed by atoms with Crippen molar-refractivity contribution in [2.75, 3.05) is 25.1 Å². The van der Waals surface area contributed by atoms with E-state index in [-0.39, 0.29) is 30.4 Å². The number of carbonyl (C=O) groups is 2. The number of pyridine rings is 2. The number of carbonyl (C=O) groups excluding carboxylic acids is 2. The third-order valence-corrected chi connectivity index (χ3v) is 9.55. The Morgan fingerprint density at radius 2 is 1.79 bits per heavy atom. The SMILES string of the molecule is COc1ccc([C@H]2CC[C@H](CN(c3cc(-c4coc(C(C)C)n4)ccn3)C(=O)[C@H]3CC[C@H](OC(=O)NCC(C)(C)O)CC3)CC2)nc1C. The monoisotopic (exact) mass is 661 g/mol. The van der Waals surface area contributed by atoms with E-state index < -0.39 is 11.7 Å². The highest BCUT2D eigenvalue weighted by Crippen LogP contribution is 2.38. The molecule has 0 aliphatic heterocycles. The van der Waals surface area contributed by atoms with Crippen molar-refractivity contribution in [2.45, 2.75) is 110 Å². The fourth-order valence-corrected chi connectivity index (χ4v) is 6.75. The largest absolute Gasteiger partial charge is 0.495 e. The van der Waals surface area contributed by atoms with Crippen LogP contribution in [0.4, 0.5) is 10.6 Å². The van der Waals surface area contributed by atoms with Gasteiger partial charge >= 0.3 is 6.09 Å². The van der Waals surface area contributed by atoms with Gasteiger partial charge < -0.3 is 24.3 Å². The summed E-state index contributed by atoms with van der Waals surface area (Å²) in [6.07, 6.45) is 9.02. The van der Waals surface area contributed by atoms with Crippen LogP contribution in [0.3, 0.4) is 0 Å². The summed E-state index contributed by atoms with van der Waals surface area (Å²) in [6.45, 7) is 9.99. The highest BCUT2D eigenvalue weighted by Gasteiger charge is 2.34. The molecule has 2 amide bonds. The second-order valence-electron chi connectivity index (χ2n) is 14.4. The second-order valence-corrected chi connectivity index (χ2v) is 14.4. The number of nitrogens with one attached hydrogen (secondary N) is 1. The van der Waals surface area contributed by atoms with E-state index in [9.17, 15) is 14.7 Å². The fraction of sp³-hybridized carbons (Fsp3) is 0.595. The van der Waals surface area contributed by atoms with Crippen LogP contribution in [0, 0.1) is 18.8 Å². The predicted molar refractivity (Wildman–Crippen MR) is 183 cm³/mol. The van der Waals surface area contributed by atoms with Gasteiger partial charge in [-0.25, -0.2) is 14.8 Å². The van der Waals surface area contributed by atoms with Crippen molar-refractivity contribution in [2.24, 2.45) is 11.8 Å². The zero-order valence-corrected chi connectivity index (χ0v) is 29.2. The Hall–Kier alpha value is -3.99. The normalized spacial score (nSPS) is 21.5. The molecule has 11 nitrogen and oxygen atoms in total. The van der Waals surface area contributed by atoms with E-state index in [1.165, 1.54) is 0 Å². The number of aromatic nitrogens is 3. The first-order valence-electron chi connectivity index (χ1n) is 17.3. The molecule has 3 aromatic heterocycles. The maximum absolute atomic E-state index is 14.3. The van der Waals surface area contributed by atoms with Crippen molar-refractivity contribution in [3.05, 3.63) is 54.0 Å². The van der Waals surface area contributed by atoms with Gasteiger partial charge in [0.2, 0.25) is 5.91 Å². The minimum absolute atomic E-state index is 0.0576. The Labute approximate surface area is 283 Å². The molecule has 0 aromatic carbocycles. The van der Waals surface area contributed by atoms with Gasteiger partial charge in [0.1, 0.15) is 29.6 Å². The topological polar surface area (TPSA) is 140 Å². The first-order valence-corrected chi connectivity index (χ1v) is 17.3. The van der Waals surface area contributed by atoms with Gasteiger partial charge in [-0.05, 0) is 102 Å². The number of ether oxygens (including phenoxy) is 2. The van der Waals surface area contributed by atoms with Gasteiger partial charge in [0, 0.05) is 48.3 Å². The molecular weight excluding hydrogens is 610 g/mol. The molecular formula is C37H51N5O6. The van der Waals surface area contributed by atoms with Crippen LogP contribution >= 0.6 is 0 Å².